The Balaban J connectivity index is 1.43. The molecule has 5 heteroatoms. The van der Waals surface area contributed by atoms with Crippen molar-refractivity contribution < 1.29 is 9.47 Å². The van der Waals surface area contributed by atoms with Crippen LogP contribution in [0.4, 0.5) is 0 Å². The summed E-state index contributed by atoms with van der Waals surface area (Å²) in [4.78, 5) is 4.10. The average Bonchev–Trinajstić information content (AvgIpc) is 3.23. The van der Waals surface area contributed by atoms with Crippen LogP contribution < -0.4 is 0 Å². The van der Waals surface area contributed by atoms with Crippen molar-refractivity contribution in [1.29, 1.82) is 0 Å². The summed E-state index contributed by atoms with van der Waals surface area (Å²) in [6, 6.07) is 15.2. The van der Waals surface area contributed by atoms with E-state index in [1.165, 1.54) is 16.3 Å². The summed E-state index contributed by atoms with van der Waals surface area (Å²) in [6.45, 7) is 6.07. The number of nitrogens with zero attached hydrogens (tertiary/aromatic N) is 3. The quantitative estimate of drug-likeness (QED) is 0.593. The van der Waals surface area contributed by atoms with Gasteiger partial charge >= 0.3 is 0 Å². The zero-order chi connectivity index (χ0) is 20.3. The maximum Gasteiger partial charge on any atom is 0.137 e. The first-order valence-electron chi connectivity index (χ1n) is 10.5. The molecule has 3 atom stereocenters. The Labute approximate surface area is 173 Å². The second-order valence-corrected chi connectivity index (χ2v) is 8.81. The Morgan fingerprint density at radius 2 is 1.97 bits per heavy atom. The standard InChI is InChI=1S/C24H31N3O2/c1-24(2)12-10-22(21(23(24)28-3)15-27-17-25-16-26-27)29-13-11-18-8-9-19-6-4-5-7-20(19)14-18/h4-9,14,16-17,21-23H,10-13,15H2,1-3H3/t21-,22-,23-/m1/s1. The molecule has 0 radical (unpaired) electrons. The number of aromatic nitrogens is 3. The number of methoxy groups -OCH3 is 1. The molecule has 0 spiro atoms. The minimum atomic E-state index is 0.123. The van der Waals surface area contributed by atoms with Gasteiger partial charge in [0.05, 0.1) is 25.4 Å². The number of benzene rings is 2. The summed E-state index contributed by atoms with van der Waals surface area (Å²) >= 11 is 0. The maximum absolute atomic E-state index is 6.44. The van der Waals surface area contributed by atoms with E-state index in [1.54, 1.807) is 12.7 Å². The Kier molecular flexibility index (Phi) is 5.97. The summed E-state index contributed by atoms with van der Waals surface area (Å²) in [7, 11) is 1.82. The molecule has 0 bridgehead atoms. The number of rotatable bonds is 7. The summed E-state index contributed by atoms with van der Waals surface area (Å²) in [5.41, 5.74) is 1.44. The van der Waals surface area contributed by atoms with Gasteiger partial charge in [-0.2, -0.15) is 5.10 Å². The van der Waals surface area contributed by atoms with Crippen LogP contribution >= 0.6 is 0 Å². The minimum absolute atomic E-state index is 0.123. The normalized spacial score (nSPS) is 24.0. The van der Waals surface area contributed by atoms with Crippen molar-refractivity contribution in [2.75, 3.05) is 13.7 Å². The van der Waals surface area contributed by atoms with Crippen LogP contribution in [-0.4, -0.2) is 40.7 Å². The molecule has 1 aliphatic rings. The van der Waals surface area contributed by atoms with E-state index in [-0.39, 0.29) is 23.5 Å². The summed E-state index contributed by atoms with van der Waals surface area (Å²) < 4.78 is 14.3. The highest BCUT2D eigenvalue weighted by Gasteiger charge is 2.45. The third kappa shape index (κ3) is 4.51. The lowest BCUT2D eigenvalue weighted by Crippen LogP contribution is -2.50. The first kappa shape index (κ1) is 20.0. The van der Waals surface area contributed by atoms with E-state index in [4.69, 9.17) is 9.47 Å². The van der Waals surface area contributed by atoms with Crippen LogP contribution in [0.3, 0.4) is 0 Å². The van der Waals surface area contributed by atoms with Crippen LogP contribution in [-0.2, 0) is 22.4 Å². The van der Waals surface area contributed by atoms with Gasteiger partial charge in [0, 0.05) is 13.0 Å². The van der Waals surface area contributed by atoms with Crippen molar-refractivity contribution in [3.63, 3.8) is 0 Å². The molecule has 4 rings (SSSR count). The number of hydrogen-bond acceptors (Lipinski definition) is 4. The van der Waals surface area contributed by atoms with Crippen molar-refractivity contribution in [3.8, 4) is 0 Å². The second-order valence-electron chi connectivity index (χ2n) is 8.81. The number of fused-ring (bicyclic) bond motifs is 1. The van der Waals surface area contributed by atoms with Crippen LogP contribution in [0.1, 0.15) is 32.3 Å². The predicted molar refractivity (Wildman–Crippen MR) is 115 cm³/mol. The smallest absolute Gasteiger partial charge is 0.137 e. The van der Waals surface area contributed by atoms with Gasteiger partial charge in [0.1, 0.15) is 12.7 Å². The van der Waals surface area contributed by atoms with Crippen molar-refractivity contribution in [1.82, 2.24) is 14.8 Å². The van der Waals surface area contributed by atoms with E-state index >= 15 is 0 Å². The molecule has 3 aromatic rings. The molecular weight excluding hydrogens is 362 g/mol. The molecule has 1 heterocycles. The summed E-state index contributed by atoms with van der Waals surface area (Å²) in [5.74, 6) is 0.252. The molecule has 154 valence electrons. The highest BCUT2D eigenvalue weighted by Crippen LogP contribution is 2.42. The van der Waals surface area contributed by atoms with E-state index < -0.39 is 0 Å². The van der Waals surface area contributed by atoms with Gasteiger partial charge in [-0.1, -0.05) is 56.3 Å². The predicted octanol–water partition coefficient (Wildman–Crippen LogP) is 4.51. The Hall–Kier alpha value is -2.24. The van der Waals surface area contributed by atoms with E-state index in [1.807, 2.05) is 11.8 Å². The highest BCUT2D eigenvalue weighted by molar-refractivity contribution is 5.82. The van der Waals surface area contributed by atoms with Crippen LogP contribution in [0.15, 0.2) is 55.1 Å². The largest absolute Gasteiger partial charge is 0.380 e. The molecule has 2 aromatic carbocycles. The molecule has 5 nitrogen and oxygen atoms in total. The Morgan fingerprint density at radius 3 is 2.72 bits per heavy atom. The molecule has 1 aliphatic carbocycles. The number of hydrogen-bond donors (Lipinski definition) is 0. The first-order chi connectivity index (χ1) is 14.1. The molecule has 0 N–H and O–H groups in total. The molecule has 0 saturated heterocycles. The lowest BCUT2D eigenvalue weighted by Gasteiger charge is -2.46. The molecule has 1 fully saturated rings. The minimum Gasteiger partial charge on any atom is -0.380 e. The van der Waals surface area contributed by atoms with E-state index in [2.05, 4.69) is 66.4 Å². The third-order valence-corrected chi connectivity index (χ3v) is 6.36. The lowest BCUT2D eigenvalue weighted by molar-refractivity contribution is -0.136. The summed E-state index contributed by atoms with van der Waals surface area (Å²) in [6.07, 6.45) is 6.72. The highest BCUT2D eigenvalue weighted by atomic mass is 16.5. The zero-order valence-electron chi connectivity index (χ0n) is 17.6. The third-order valence-electron chi connectivity index (χ3n) is 6.36. The average molecular weight is 394 g/mol. The van der Waals surface area contributed by atoms with Gasteiger partial charge in [0.25, 0.3) is 0 Å². The van der Waals surface area contributed by atoms with Gasteiger partial charge in [-0.15, -0.1) is 0 Å². The van der Waals surface area contributed by atoms with E-state index in [9.17, 15) is 0 Å². The fraction of sp³-hybridized carbons (Fsp3) is 0.500. The van der Waals surface area contributed by atoms with Crippen LogP contribution in [0.2, 0.25) is 0 Å². The SMILES string of the molecule is CO[C@@H]1[C@H](Cn2cncn2)[C@H](OCCc2ccc3ccccc3c2)CCC1(C)C. The van der Waals surface area contributed by atoms with Crippen LogP contribution in [0.25, 0.3) is 10.8 Å². The second kappa shape index (κ2) is 8.64. The van der Waals surface area contributed by atoms with E-state index in [0.717, 1.165) is 25.8 Å². The molecule has 1 aromatic heterocycles. The molecule has 0 aliphatic heterocycles. The van der Waals surface area contributed by atoms with E-state index in [0.29, 0.717) is 6.61 Å². The molecule has 0 unspecified atom stereocenters. The number of ether oxygens (including phenoxy) is 2. The summed E-state index contributed by atoms with van der Waals surface area (Å²) in [5, 5.41) is 6.88. The monoisotopic (exact) mass is 393 g/mol. The van der Waals surface area contributed by atoms with Crippen LogP contribution in [0.5, 0.6) is 0 Å². The van der Waals surface area contributed by atoms with Crippen molar-refractivity contribution in [2.45, 2.75) is 51.9 Å². The van der Waals surface area contributed by atoms with Crippen molar-refractivity contribution >= 4 is 10.8 Å². The molecule has 0 amide bonds. The fourth-order valence-electron chi connectivity index (χ4n) is 4.82. The van der Waals surface area contributed by atoms with Gasteiger partial charge < -0.3 is 9.47 Å². The lowest BCUT2D eigenvalue weighted by atomic mass is 9.68. The Morgan fingerprint density at radius 1 is 1.14 bits per heavy atom. The van der Waals surface area contributed by atoms with Crippen molar-refractivity contribution in [3.05, 3.63) is 60.7 Å². The molecular formula is C24H31N3O2. The van der Waals surface area contributed by atoms with Crippen LogP contribution in [0, 0.1) is 11.3 Å². The maximum atomic E-state index is 6.44. The van der Waals surface area contributed by atoms with Crippen molar-refractivity contribution in [2.24, 2.45) is 11.3 Å². The molecule has 29 heavy (non-hydrogen) atoms. The van der Waals surface area contributed by atoms with Gasteiger partial charge in [-0.3, -0.25) is 4.68 Å². The van der Waals surface area contributed by atoms with Gasteiger partial charge in [0.15, 0.2) is 0 Å². The zero-order valence-corrected chi connectivity index (χ0v) is 17.6. The van der Waals surface area contributed by atoms with Gasteiger partial charge in [0.2, 0.25) is 0 Å². The molecule has 1 saturated carbocycles. The van der Waals surface area contributed by atoms with Gasteiger partial charge in [-0.25, -0.2) is 4.98 Å². The fourth-order valence-corrected chi connectivity index (χ4v) is 4.82. The Bertz CT molecular complexity index is 923. The topological polar surface area (TPSA) is 49.2 Å². The van der Waals surface area contributed by atoms with Gasteiger partial charge in [-0.05, 0) is 41.0 Å². The first-order valence-corrected chi connectivity index (χ1v) is 10.5.